The summed E-state index contributed by atoms with van der Waals surface area (Å²) in [5.41, 5.74) is -0.437. The summed E-state index contributed by atoms with van der Waals surface area (Å²) in [6, 6.07) is 5.89. The van der Waals surface area contributed by atoms with Crippen molar-refractivity contribution in [3.8, 4) is 6.07 Å². The van der Waals surface area contributed by atoms with E-state index in [9.17, 15) is 12.9 Å². The average molecular weight is 209 g/mol. The van der Waals surface area contributed by atoms with Crippen LogP contribution in [0.4, 0.5) is 12.9 Å². The van der Waals surface area contributed by atoms with Crippen molar-refractivity contribution in [3.63, 3.8) is 0 Å². The summed E-state index contributed by atoms with van der Waals surface area (Å²) in [6.07, 6.45) is 0. The third-order valence-corrected chi connectivity index (χ3v) is 1.42. The first-order valence-electron chi connectivity index (χ1n) is 3.24. The van der Waals surface area contributed by atoms with Crippen LogP contribution in [0.25, 0.3) is 0 Å². The normalized spacial score (nSPS) is 10.0. The molecule has 0 atom stereocenters. The average Bonchev–Trinajstić information content (AvgIpc) is 2.03. The van der Waals surface area contributed by atoms with Gasteiger partial charge in [0.1, 0.15) is 0 Å². The summed E-state index contributed by atoms with van der Waals surface area (Å²) in [6.45, 7) is -4.93. The van der Waals surface area contributed by atoms with E-state index in [0.717, 1.165) is 24.3 Å². The zero-order valence-electron chi connectivity index (χ0n) is 6.97. The van der Waals surface area contributed by atoms with Gasteiger partial charge in [-0.25, -0.2) is 0 Å². The van der Waals surface area contributed by atoms with E-state index in [1.807, 2.05) is 0 Å². The number of benzene rings is 1. The maximum atomic E-state index is 12.0. The fourth-order valence-corrected chi connectivity index (χ4v) is 0.776. The van der Waals surface area contributed by atoms with Gasteiger partial charge in [-0.1, -0.05) is 12.1 Å². The predicted octanol–water partition coefficient (Wildman–Crippen LogP) is -1.38. The Morgan fingerprint density at radius 3 is 1.85 bits per heavy atom. The van der Waals surface area contributed by atoms with Crippen LogP contribution < -0.4 is 56.8 Å². The molecular formula is C7H4BF3KN. The maximum absolute atomic E-state index is 12.0. The number of rotatable bonds is 1. The number of hydrogen-bond donors (Lipinski definition) is 0. The van der Waals surface area contributed by atoms with Crippen molar-refractivity contribution in [2.24, 2.45) is 0 Å². The van der Waals surface area contributed by atoms with Crippen LogP contribution in [0.2, 0.25) is 0 Å². The molecule has 1 aromatic rings. The molecule has 0 radical (unpaired) electrons. The van der Waals surface area contributed by atoms with Crippen LogP contribution in [0.1, 0.15) is 5.56 Å². The monoisotopic (exact) mass is 209 g/mol. The minimum Gasteiger partial charge on any atom is -0.445 e. The van der Waals surface area contributed by atoms with Crippen molar-refractivity contribution < 1.29 is 64.3 Å². The summed E-state index contributed by atoms with van der Waals surface area (Å²) >= 11 is 0. The van der Waals surface area contributed by atoms with Crippen LogP contribution in [-0.2, 0) is 0 Å². The van der Waals surface area contributed by atoms with E-state index in [-0.39, 0.29) is 56.9 Å². The van der Waals surface area contributed by atoms with E-state index in [0.29, 0.717) is 0 Å². The van der Waals surface area contributed by atoms with Gasteiger partial charge < -0.3 is 12.9 Å². The quantitative estimate of drug-likeness (QED) is 0.523. The van der Waals surface area contributed by atoms with Crippen LogP contribution in [-0.4, -0.2) is 6.98 Å². The summed E-state index contributed by atoms with van der Waals surface area (Å²) in [7, 11) is 0. The molecule has 0 heterocycles. The first-order valence-corrected chi connectivity index (χ1v) is 3.24. The van der Waals surface area contributed by atoms with Gasteiger partial charge in [-0.05, 0) is 12.1 Å². The minimum atomic E-state index is -4.93. The van der Waals surface area contributed by atoms with Gasteiger partial charge in [0.2, 0.25) is 0 Å². The second-order valence-electron chi connectivity index (χ2n) is 2.31. The molecule has 1 rings (SSSR count). The van der Waals surface area contributed by atoms with Gasteiger partial charge in [-0.2, -0.15) is 5.26 Å². The second kappa shape index (κ2) is 5.17. The van der Waals surface area contributed by atoms with E-state index in [1.54, 1.807) is 6.07 Å². The van der Waals surface area contributed by atoms with Gasteiger partial charge in [0.25, 0.3) is 0 Å². The Balaban J connectivity index is 0.00000144. The molecule has 0 bridgehead atoms. The van der Waals surface area contributed by atoms with E-state index in [1.165, 1.54) is 0 Å². The van der Waals surface area contributed by atoms with Gasteiger partial charge in [0, 0.05) is 0 Å². The molecule has 0 spiro atoms. The first-order chi connectivity index (χ1) is 5.54. The molecule has 1 nitrogen and oxygen atoms in total. The van der Waals surface area contributed by atoms with Crippen LogP contribution >= 0.6 is 0 Å². The standard InChI is InChI=1S/C7H4BF3N.K/c9-8(10,11)7-3-1-6(5-12)2-4-7;/h1-4H;/q-1;+1. The third kappa shape index (κ3) is 3.83. The first kappa shape index (κ1) is 13.2. The topological polar surface area (TPSA) is 23.8 Å². The molecule has 6 heteroatoms. The van der Waals surface area contributed by atoms with Crippen LogP contribution in [0, 0.1) is 11.3 Å². The van der Waals surface area contributed by atoms with Crippen LogP contribution in [0.15, 0.2) is 24.3 Å². The van der Waals surface area contributed by atoms with Gasteiger partial charge in [-0.15, -0.1) is 5.46 Å². The molecule has 0 N–H and O–H groups in total. The summed E-state index contributed by atoms with van der Waals surface area (Å²) in [4.78, 5) is 0. The van der Waals surface area contributed by atoms with E-state index in [4.69, 9.17) is 5.26 Å². The van der Waals surface area contributed by atoms with Crippen molar-refractivity contribution in [2.75, 3.05) is 0 Å². The number of nitrogens with zero attached hydrogens (tertiary/aromatic N) is 1. The molecule has 0 fully saturated rings. The van der Waals surface area contributed by atoms with Gasteiger partial charge in [0.05, 0.1) is 11.6 Å². The molecule has 0 aromatic heterocycles. The fraction of sp³-hybridized carbons (Fsp3) is 0. The van der Waals surface area contributed by atoms with Crippen molar-refractivity contribution in [2.45, 2.75) is 0 Å². The van der Waals surface area contributed by atoms with E-state index in [2.05, 4.69) is 0 Å². The van der Waals surface area contributed by atoms with E-state index < -0.39 is 12.4 Å². The Morgan fingerprint density at radius 2 is 1.54 bits per heavy atom. The van der Waals surface area contributed by atoms with Gasteiger partial charge in [0.15, 0.2) is 0 Å². The Labute approximate surface area is 116 Å². The summed E-state index contributed by atoms with van der Waals surface area (Å²) in [5.74, 6) is 0. The van der Waals surface area contributed by atoms with Crippen LogP contribution in [0.3, 0.4) is 0 Å². The molecule has 0 amide bonds. The third-order valence-electron chi connectivity index (χ3n) is 1.42. The predicted molar refractivity (Wildman–Crippen MR) is 39.9 cm³/mol. The molecule has 1 aromatic carbocycles. The van der Waals surface area contributed by atoms with Crippen molar-refractivity contribution in [1.82, 2.24) is 0 Å². The Kier molecular flexibility index (Phi) is 5.25. The number of halogens is 3. The van der Waals surface area contributed by atoms with Crippen molar-refractivity contribution >= 4 is 12.4 Å². The molecular weight excluding hydrogens is 205 g/mol. The molecule has 0 aliphatic carbocycles. The Morgan fingerprint density at radius 1 is 1.08 bits per heavy atom. The minimum absolute atomic E-state index is 0. The SMILES string of the molecule is N#Cc1ccc([B-](F)(F)F)cc1.[K+]. The van der Waals surface area contributed by atoms with Crippen molar-refractivity contribution in [3.05, 3.63) is 29.8 Å². The Hall–Kier alpha value is 0.201. The van der Waals surface area contributed by atoms with Crippen molar-refractivity contribution in [1.29, 1.82) is 5.26 Å². The molecule has 0 saturated heterocycles. The number of hydrogen-bond acceptors (Lipinski definition) is 1. The fourth-order valence-electron chi connectivity index (χ4n) is 0.776. The summed E-state index contributed by atoms with van der Waals surface area (Å²) < 4.78 is 36.0. The van der Waals surface area contributed by atoms with E-state index >= 15 is 0 Å². The largest absolute Gasteiger partial charge is 1.00 e. The molecule has 0 aliphatic heterocycles. The van der Waals surface area contributed by atoms with Crippen LogP contribution in [0.5, 0.6) is 0 Å². The zero-order chi connectivity index (χ0) is 9.19. The molecule has 0 aliphatic rings. The van der Waals surface area contributed by atoms with Gasteiger partial charge in [-0.3, -0.25) is 0 Å². The maximum Gasteiger partial charge on any atom is 1.00 e. The summed E-state index contributed by atoms with van der Waals surface area (Å²) in [5, 5.41) is 8.31. The number of nitriles is 1. The molecule has 0 unspecified atom stereocenters. The molecule has 0 saturated carbocycles. The van der Waals surface area contributed by atoms with Gasteiger partial charge >= 0.3 is 58.4 Å². The Bertz CT molecular complexity index is 314. The zero-order valence-corrected chi connectivity index (χ0v) is 10.1. The molecule has 13 heavy (non-hydrogen) atoms. The molecule has 62 valence electrons. The smallest absolute Gasteiger partial charge is 0.445 e. The second-order valence-corrected chi connectivity index (χ2v) is 2.31.